The molecule has 0 amide bonds. The number of aryl methyl sites for hydroxylation is 2. The first-order valence-corrected chi connectivity index (χ1v) is 9.58. The Morgan fingerprint density at radius 3 is 2.44 bits per heavy atom. The van der Waals surface area contributed by atoms with Crippen LogP contribution < -0.4 is 16.3 Å². The fraction of sp³-hybridized carbons (Fsp3) is 0.286. The van der Waals surface area contributed by atoms with E-state index in [4.69, 9.17) is 15.5 Å². The van der Waals surface area contributed by atoms with Crippen LogP contribution in [0.4, 0.5) is 13.2 Å². The molecule has 0 radical (unpaired) electrons. The molecular weight excluding hydrogens is 427 g/mol. The zero-order valence-electron chi connectivity index (χ0n) is 17.9. The second-order valence-electron chi connectivity index (χ2n) is 6.95. The van der Waals surface area contributed by atoms with E-state index in [0.717, 1.165) is 21.0 Å². The highest BCUT2D eigenvalue weighted by molar-refractivity contribution is 5.90. The Kier molecular flexibility index (Phi) is 6.40. The third-order valence-corrected chi connectivity index (χ3v) is 5.08. The number of benzene rings is 2. The molecule has 1 heterocycles. The van der Waals surface area contributed by atoms with E-state index < -0.39 is 17.4 Å². The van der Waals surface area contributed by atoms with Gasteiger partial charge in [-0.25, -0.2) is 4.79 Å². The minimum atomic E-state index is -4.62. The predicted octanol–water partition coefficient (Wildman–Crippen LogP) is 3.33. The van der Waals surface area contributed by atoms with E-state index >= 15 is 0 Å². The van der Waals surface area contributed by atoms with E-state index in [-0.39, 0.29) is 17.1 Å². The van der Waals surface area contributed by atoms with Crippen LogP contribution in [0.15, 0.2) is 41.2 Å². The molecule has 0 fully saturated rings. The Hall–Kier alpha value is -3.60. The largest absolute Gasteiger partial charge is 0.496 e. The number of methoxy groups -OCH3 is 1. The van der Waals surface area contributed by atoms with Crippen LogP contribution in [0, 0.1) is 0 Å². The molecule has 0 aliphatic heterocycles. The molecule has 2 aromatic carbocycles. The second kappa shape index (κ2) is 8.87. The van der Waals surface area contributed by atoms with E-state index in [2.05, 4.69) is 10.4 Å². The summed E-state index contributed by atoms with van der Waals surface area (Å²) in [7, 11) is 2.62. The van der Waals surface area contributed by atoms with Crippen molar-refractivity contribution in [2.45, 2.75) is 26.4 Å². The lowest BCUT2D eigenvalue weighted by Gasteiger charge is -2.18. The van der Waals surface area contributed by atoms with Gasteiger partial charge in [-0.2, -0.15) is 28.4 Å². The quantitative estimate of drug-likeness (QED) is 0.352. The van der Waals surface area contributed by atoms with Gasteiger partial charge in [-0.3, -0.25) is 0 Å². The van der Waals surface area contributed by atoms with Gasteiger partial charge in [-0.1, -0.05) is 25.1 Å². The van der Waals surface area contributed by atoms with Crippen molar-refractivity contribution in [2.75, 3.05) is 7.11 Å². The third-order valence-electron chi connectivity index (χ3n) is 5.08. The number of nitrogens with zero attached hydrogens (tertiary/aromatic N) is 4. The van der Waals surface area contributed by atoms with Crippen molar-refractivity contribution >= 4 is 11.3 Å². The molecule has 0 aliphatic carbocycles. The van der Waals surface area contributed by atoms with Crippen LogP contribution in [0.3, 0.4) is 0 Å². The highest BCUT2D eigenvalue weighted by Crippen LogP contribution is 2.39. The fourth-order valence-corrected chi connectivity index (χ4v) is 3.41. The van der Waals surface area contributed by atoms with E-state index in [9.17, 15) is 18.0 Å². The fourth-order valence-electron chi connectivity index (χ4n) is 3.41. The molecule has 11 heteroatoms. The minimum absolute atomic E-state index is 0.105. The summed E-state index contributed by atoms with van der Waals surface area (Å²) in [6.45, 7) is 3.47. The van der Waals surface area contributed by atoms with Crippen molar-refractivity contribution in [3.05, 3.63) is 69.1 Å². The normalized spacial score (nSPS) is 12.5. The van der Waals surface area contributed by atoms with Crippen LogP contribution in [0.25, 0.3) is 17.0 Å². The molecule has 0 atom stereocenters. The zero-order valence-corrected chi connectivity index (χ0v) is 17.9. The van der Waals surface area contributed by atoms with Gasteiger partial charge in [0.15, 0.2) is 5.76 Å². The smallest absolute Gasteiger partial charge is 0.419 e. The lowest BCUT2D eigenvalue weighted by atomic mass is 9.95. The molecule has 8 nitrogen and oxygen atoms in total. The summed E-state index contributed by atoms with van der Waals surface area (Å²) in [4.78, 5) is 17.7. The van der Waals surface area contributed by atoms with Gasteiger partial charge >= 0.3 is 11.9 Å². The van der Waals surface area contributed by atoms with Gasteiger partial charge in [0.1, 0.15) is 5.75 Å². The van der Waals surface area contributed by atoms with E-state index in [1.54, 1.807) is 19.1 Å². The number of tetrazole rings is 1. The van der Waals surface area contributed by atoms with Gasteiger partial charge in [0.2, 0.25) is 0 Å². The van der Waals surface area contributed by atoms with Crippen molar-refractivity contribution in [1.29, 1.82) is 0 Å². The number of alkyl halides is 3. The Morgan fingerprint density at radius 2 is 1.91 bits per heavy atom. The Labute approximate surface area is 181 Å². The van der Waals surface area contributed by atoms with Crippen LogP contribution in [-0.2, 0) is 24.5 Å². The summed E-state index contributed by atoms with van der Waals surface area (Å²) >= 11 is 0. The van der Waals surface area contributed by atoms with Gasteiger partial charge in [0, 0.05) is 18.2 Å². The van der Waals surface area contributed by atoms with Crippen LogP contribution in [-0.4, -0.2) is 26.9 Å². The van der Waals surface area contributed by atoms with Crippen LogP contribution in [0.2, 0.25) is 0 Å². The number of hydrogen-bond acceptors (Lipinski definition) is 6. The molecule has 0 aliphatic rings. The molecular formula is C21H22F3N5O3. The van der Waals surface area contributed by atoms with Gasteiger partial charge in [0.05, 0.1) is 18.4 Å². The molecule has 0 spiro atoms. The second-order valence-corrected chi connectivity index (χ2v) is 6.95. The summed E-state index contributed by atoms with van der Waals surface area (Å²) in [6.07, 6.45) is -4.08. The monoisotopic (exact) mass is 449 g/mol. The van der Waals surface area contributed by atoms with Crippen LogP contribution in [0.5, 0.6) is 5.75 Å². The summed E-state index contributed by atoms with van der Waals surface area (Å²) in [5.74, 6) is 5.41. The molecule has 0 bridgehead atoms. The zero-order chi connectivity index (χ0) is 23.6. The third kappa shape index (κ3) is 4.11. The molecule has 0 unspecified atom stereocenters. The highest BCUT2D eigenvalue weighted by Gasteiger charge is 2.35. The molecule has 2 N–H and O–H groups in total. The van der Waals surface area contributed by atoms with Crippen molar-refractivity contribution in [1.82, 2.24) is 19.8 Å². The Morgan fingerprint density at radius 1 is 1.19 bits per heavy atom. The first-order chi connectivity index (χ1) is 15.1. The Bertz CT molecular complexity index is 1230. The maximum absolute atomic E-state index is 13.5. The van der Waals surface area contributed by atoms with Gasteiger partial charge in [0.25, 0.3) is 0 Å². The Balaban J connectivity index is 2.31. The molecule has 0 saturated carbocycles. The SMILES string of the molecule is CCc1cccc(-n2nnn(C)c2=O)c1/C(ON)=C(/C)c1ccc(OC)c(C(F)(F)F)c1. The topological polar surface area (TPSA) is 97.2 Å². The predicted molar refractivity (Wildman–Crippen MR) is 112 cm³/mol. The van der Waals surface area contributed by atoms with Gasteiger partial charge in [-0.05, 0) is 53.1 Å². The summed E-state index contributed by atoms with van der Waals surface area (Å²) < 4.78 is 47.6. The van der Waals surface area contributed by atoms with Gasteiger partial charge in [-0.15, -0.1) is 0 Å². The number of hydrogen-bond donors (Lipinski definition) is 1. The minimum Gasteiger partial charge on any atom is -0.496 e. The number of nitrogens with two attached hydrogens (primary N) is 1. The van der Waals surface area contributed by atoms with Gasteiger partial charge < -0.3 is 9.57 Å². The van der Waals surface area contributed by atoms with E-state index in [1.165, 1.54) is 26.3 Å². The van der Waals surface area contributed by atoms with Crippen molar-refractivity contribution < 1.29 is 22.7 Å². The summed E-state index contributed by atoms with van der Waals surface area (Å²) in [6, 6.07) is 8.85. The molecule has 3 rings (SSSR count). The average Bonchev–Trinajstić information content (AvgIpc) is 3.11. The number of aromatic nitrogens is 4. The molecule has 170 valence electrons. The summed E-state index contributed by atoms with van der Waals surface area (Å²) in [5, 5.41) is 7.60. The maximum Gasteiger partial charge on any atom is 0.419 e. The molecule has 32 heavy (non-hydrogen) atoms. The van der Waals surface area contributed by atoms with Crippen LogP contribution in [0.1, 0.15) is 36.1 Å². The molecule has 3 aromatic rings. The van der Waals surface area contributed by atoms with E-state index in [0.29, 0.717) is 23.2 Å². The first kappa shape index (κ1) is 23.1. The lowest BCUT2D eigenvalue weighted by molar-refractivity contribution is -0.138. The molecule has 0 saturated heterocycles. The summed E-state index contributed by atoms with van der Waals surface area (Å²) in [5.41, 5.74) is 0.652. The first-order valence-electron chi connectivity index (χ1n) is 9.58. The number of halogens is 3. The maximum atomic E-state index is 13.5. The lowest BCUT2D eigenvalue weighted by Crippen LogP contribution is -2.23. The molecule has 1 aromatic heterocycles. The van der Waals surface area contributed by atoms with Crippen molar-refractivity contribution in [2.24, 2.45) is 12.9 Å². The van der Waals surface area contributed by atoms with E-state index in [1.807, 2.05) is 13.0 Å². The average molecular weight is 449 g/mol. The standard InChI is InChI=1S/C21H22F3N5O3/c1-5-13-7-6-8-16(29-20(30)28(3)26-27-29)18(13)19(32-25)12(2)14-9-10-17(31-4)15(11-14)21(22,23)24/h6-11H,5,25H2,1-4H3/b19-12+. The van der Waals surface area contributed by atoms with Crippen molar-refractivity contribution in [3.8, 4) is 11.4 Å². The number of ether oxygens (including phenoxy) is 1. The van der Waals surface area contributed by atoms with Crippen LogP contribution >= 0.6 is 0 Å². The number of rotatable bonds is 6. The number of allylic oxidation sites excluding steroid dienone is 1. The van der Waals surface area contributed by atoms with Crippen molar-refractivity contribution in [3.63, 3.8) is 0 Å². The highest BCUT2D eigenvalue weighted by atomic mass is 19.4.